The van der Waals surface area contributed by atoms with Gasteiger partial charge >= 0.3 is 0 Å². The van der Waals surface area contributed by atoms with Crippen molar-refractivity contribution in [3.05, 3.63) is 41.2 Å². The molecule has 1 aromatic heterocycles. The highest BCUT2D eigenvalue weighted by molar-refractivity contribution is 5.98. The fourth-order valence-corrected chi connectivity index (χ4v) is 4.09. The van der Waals surface area contributed by atoms with Crippen LogP contribution in [0.5, 0.6) is 0 Å². The molecule has 0 spiro atoms. The first kappa shape index (κ1) is 24.4. The van der Waals surface area contributed by atoms with Crippen LogP contribution in [0.1, 0.15) is 53.7 Å². The number of rotatable bonds is 5. The van der Waals surface area contributed by atoms with Crippen LogP contribution < -0.4 is 16.0 Å². The number of carbonyl (C=O) groups excluding carboxylic acids is 3. The molecule has 0 aliphatic carbocycles. The maximum absolute atomic E-state index is 13.4. The molecular weight excluding hydrogens is 420 g/mol. The summed E-state index contributed by atoms with van der Waals surface area (Å²) in [5.74, 6) is -0.178. The normalized spacial score (nSPS) is 15.2. The van der Waals surface area contributed by atoms with E-state index < -0.39 is 11.5 Å². The Morgan fingerprint density at radius 1 is 1.06 bits per heavy atom. The minimum atomic E-state index is -0.712. The minimum Gasteiger partial charge on any atom is -0.357 e. The Balaban J connectivity index is 2.08. The SMILES string of the molecule is CNC(=O)c1cccc(-c2nc(C(=O)N[C@H](C(=O)NC)C(C)(C)C)c3n2CCCN(C)C3)c1. The van der Waals surface area contributed by atoms with Gasteiger partial charge < -0.3 is 25.4 Å². The maximum atomic E-state index is 13.4. The van der Waals surface area contributed by atoms with Crippen molar-refractivity contribution in [2.75, 3.05) is 27.7 Å². The van der Waals surface area contributed by atoms with E-state index in [1.165, 1.54) is 0 Å². The number of nitrogens with one attached hydrogen (secondary N) is 3. The molecule has 1 aromatic carbocycles. The zero-order valence-electron chi connectivity index (χ0n) is 20.3. The number of hydrogen-bond donors (Lipinski definition) is 3. The molecule has 0 bridgehead atoms. The summed E-state index contributed by atoms with van der Waals surface area (Å²) < 4.78 is 2.06. The van der Waals surface area contributed by atoms with Crippen molar-refractivity contribution in [2.45, 2.75) is 46.3 Å². The molecule has 0 fully saturated rings. The second-order valence-corrected chi connectivity index (χ2v) is 9.52. The number of nitrogens with zero attached hydrogens (tertiary/aromatic N) is 3. The molecule has 33 heavy (non-hydrogen) atoms. The van der Waals surface area contributed by atoms with E-state index in [1.807, 2.05) is 40.0 Å². The third-order valence-electron chi connectivity index (χ3n) is 5.89. The summed E-state index contributed by atoms with van der Waals surface area (Å²) >= 11 is 0. The standard InChI is InChI=1S/C24H34N6O3/c1-24(2,3)19(23(33)26-5)28-22(32)18-17-14-29(6)11-8-12-30(17)20(27-18)15-9-7-10-16(13-15)21(31)25-4/h7,9-10,13,19H,8,11-12,14H2,1-6H3,(H,25,31)(H,26,33)(H,28,32)/t19-/m1/s1. The van der Waals surface area contributed by atoms with Crippen LogP contribution in [0, 0.1) is 5.41 Å². The van der Waals surface area contributed by atoms with Crippen LogP contribution in [0.4, 0.5) is 0 Å². The Labute approximate surface area is 194 Å². The molecule has 3 N–H and O–H groups in total. The highest BCUT2D eigenvalue weighted by Crippen LogP contribution is 2.28. The van der Waals surface area contributed by atoms with Crippen LogP contribution in [0.2, 0.25) is 0 Å². The van der Waals surface area contributed by atoms with E-state index in [4.69, 9.17) is 4.98 Å². The average molecular weight is 455 g/mol. The quantitative estimate of drug-likeness (QED) is 0.637. The van der Waals surface area contributed by atoms with Crippen LogP contribution in [-0.4, -0.2) is 65.9 Å². The number of amides is 3. The van der Waals surface area contributed by atoms with Gasteiger partial charge in [0, 0.05) is 38.3 Å². The van der Waals surface area contributed by atoms with Crippen molar-refractivity contribution in [2.24, 2.45) is 5.41 Å². The van der Waals surface area contributed by atoms with E-state index in [-0.39, 0.29) is 17.7 Å². The molecule has 3 amide bonds. The van der Waals surface area contributed by atoms with Gasteiger partial charge in [0.25, 0.3) is 11.8 Å². The molecule has 9 heteroatoms. The Kier molecular flexibility index (Phi) is 7.22. The zero-order chi connectivity index (χ0) is 24.3. The third kappa shape index (κ3) is 5.24. The molecule has 2 heterocycles. The van der Waals surface area contributed by atoms with Gasteiger partial charge in [-0.1, -0.05) is 32.9 Å². The molecular formula is C24H34N6O3. The molecule has 9 nitrogen and oxygen atoms in total. The fourth-order valence-electron chi connectivity index (χ4n) is 4.09. The summed E-state index contributed by atoms with van der Waals surface area (Å²) in [6.07, 6.45) is 0.909. The third-order valence-corrected chi connectivity index (χ3v) is 5.89. The second-order valence-electron chi connectivity index (χ2n) is 9.52. The fraction of sp³-hybridized carbons (Fsp3) is 0.500. The first-order valence-corrected chi connectivity index (χ1v) is 11.2. The van der Waals surface area contributed by atoms with Crippen molar-refractivity contribution >= 4 is 17.7 Å². The molecule has 1 aliphatic heterocycles. The largest absolute Gasteiger partial charge is 0.357 e. The first-order valence-electron chi connectivity index (χ1n) is 11.2. The summed E-state index contributed by atoms with van der Waals surface area (Å²) in [5, 5.41) is 8.18. The van der Waals surface area contributed by atoms with Crippen molar-refractivity contribution in [3.63, 3.8) is 0 Å². The summed E-state index contributed by atoms with van der Waals surface area (Å²) in [6, 6.07) is 6.52. The van der Waals surface area contributed by atoms with Crippen molar-refractivity contribution in [1.29, 1.82) is 0 Å². The molecule has 1 aliphatic rings. The number of imidazole rings is 1. The Hall–Kier alpha value is -3.20. The van der Waals surface area contributed by atoms with Gasteiger partial charge in [0.05, 0.1) is 5.69 Å². The van der Waals surface area contributed by atoms with E-state index >= 15 is 0 Å². The van der Waals surface area contributed by atoms with Crippen LogP contribution >= 0.6 is 0 Å². The highest BCUT2D eigenvalue weighted by Gasteiger charge is 2.34. The van der Waals surface area contributed by atoms with Gasteiger partial charge in [-0.05, 0) is 37.6 Å². The van der Waals surface area contributed by atoms with Gasteiger partial charge in [-0.15, -0.1) is 0 Å². The van der Waals surface area contributed by atoms with Crippen molar-refractivity contribution in [1.82, 2.24) is 30.4 Å². The molecule has 0 unspecified atom stereocenters. The lowest BCUT2D eigenvalue weighted by Gasteiger charge is -2.29. The Morgan fingerprint density at radius 2 is 1.79 bits per heavy atom. The van der Waals surface area contributed by atoms with Crippen molar-refractivity contribution < 1.29 is 14.4 Å². The molecule has 3 rings (SSSR count). The maximum Gasteiger partial charge on any atom is 0.272 e. The lowest BCUT2D eigenvalue weighted by molar-refractivity contribution is -0.124. The molecule has 1 atom stereocenters. The van der Waals surface area contributed by atoms with Crippen molar-refractivity contribution in [3.8, 4) is 11.4 Å². The number of likely N-dealkylation sites (N-methyl/N-ethyl adjacent to an activating group) is 1. The summed E-state index contributed by atoms with van der Waals surface area (Å²) in [6.45, 7) is 7.88. The van der Waals surface area contributed by atoms with Crippen LogP contribution in [0.25, 0.3) is 11.4 Å². The van der Waals surface area contributed by atoms with Gasteiger partial charge in [-0.25, -0.2) is 4.98 Å². The molecule has 0 saturated heterocycles. The summed E-state index contributed by atoms with van der Waals surface area (Å²) in [5.41, 5.74) is 1.92. The molecule has 2 aromatic rings. The van der Waals surface area contributed by atoms with E-state index in [0.29, 0.717) is 30.2 Å². The van der Waals surface area contributed by atoms with Crippen LogP contribution in [0.3, 0.4) is 0 Å². The van der Waals surface area contributed by atoms with Gasteiger partial charge in [0.15, 0.2) is 5.69 Å². The van der Waals surface area contributed by atoms with E-state index in [0.717, 1.165) is 24.2 Å². The summed E-state index contributed by atoms with van der Waals surface area (Å²) in [4.78, 5) is 45.0. The van der Waals surface area contributed by atoms with Gasteiger partial charge in [-0.3, -0.25) is 14.4 Å². The monoisotopic (exact) mass is 454 g/mol. The average Bonchev–Trinajstić information content (AvgIpc) is 3.02. The number of fused-ring (bicyclic) bond motifs is 1. The number of carbonyl (C=O) groups is 3. The zero-order valence-corrected chi connectivity index (χ0v) is 20.3. The van der Waals surface area contributed by atoms with Crippen LogP contribution in [0.15, 0.2) is 24.3 Å². The Morgan fingerprint density at radius 3 is 2.42 bits per heavy atom. The number of hydrogen-bond acceptors (Lipinski definition) is 5. The molecule has 0 saturated carbocycles. The molecule has 0 radical (unpaired) electrons. The number of benzene rings is 1. The lowest BCUT2D eigenvalue weighted by atomic mass is 9.86. The highest BCUT2D eigenvalue weighted by atomic mass is 16.2. The topological polar surface area (TPSA) is 108 Å². The smallest absolute Gasteiger partial charge is 0.272 e. The first-order chi connectivity index (χ1) is 15.6. The second kappa shape index (κ2) is 9.74. The van der Waals surface area contributed by atoms with E-state index in [2.05, 4.69) is 25.4 Å². The Bertz CT molecular complexity index is 1050. The predicted octanol–water partition coefficient (Wildman–Crippen LogP) is 1.64. The predicted molar refractivity (Wildman–Crippen MR) is 127 cm³/mol. The lowest BCUT2D eigenvalue weighted by Crippen LogP contribution is -2.53. The van der Waals surface area contributed by atoms with Gasteiger partial charge in [0.2, 0.25) is 5.91 Å². The minimum absolute atomic E-state index is 0.184. The van der Waals surface area contributed by atoms with E-state index in [9.17, 15) is 14.4 Å². The van der Waals surface area contributed by atoms with Gasteiger partial charge in [0.1, 0.15) is 11.9 Å². The van der Waals surface area contributed by atoms with Crippen LogP contribution in [-0.2, 0) is 17.9 Å². The number of aromatic nitrogens is 2. The summed E-state index contributed by atoms with van der Waals surface area (Å²) in [7, 11) is 5.16. The molecule has 178 valence electrons. The van der Waals surface area contributed by atoms with Gasteiger partial charge in [-0.2, -0.15) is 0 Å². The van der Waals surface area contributed by atoms with E-state index in [1.54, 1.807) is 26.2 Å².